The number of thiazole rings is 1. The van der Waals surface area contributed by atoms with Gasteiger partial charge in [0.25, 0.3) is 0 Å². The first-order chi connectivity index (χ1) is 16.9. The lowest BCUT2D eigenvalue weighted by Gasteiger charge is -2.14. The lowest BCUT2D eigenvalue weighted by molar-refractivity contribution is -0.139. The highest BCUT2D eigenvalue weighted by Crippen LogP contribution is 2.51. The zero-order valence-electron chi connectivity index (χ0n) is 19.1. The number of aromatic nitrogens is 2. The molecule has 1 amide bonds. The minimum Gasteiger partial charge on any atom is -0.481 e. The minimum absolute atomic E-state index is 0.384. The molecule has 7 nitrogen and oxygen atoms in total. The number of amides is 1. The molecule has 1 fully saturated rings. The van der Waals surface area contributed by atoms with E-state index in [2.05, 4.69) is 14.7 Å². The van der Waals surface area contributed by atoms with Crippen LogP contribution in [0.1, 0.15) is 42.0 Å². The van der Waals surface area contributed by atoms with Crippen molar-refractivity contribution in [1.29, 1.82) is 0 Å². The number of aliphatic carboxylic acids is 1. The molecule has 1 aliphatic rings. The maximum atomic E-state index is 12.6. The van der Waals surface area contributed by atoms with Crippen molar-refractivity contribution in [2.24, 2.45) is 0 Å². The highest BCUT2D eigenvalue weighted by molar-refractivity contribution is 7.15. The molecule has 0 bridgehead atoms. The molecule has 1 saturated carbocycles. The van der Waals surface area contributed by atoms with E-state index in [1.807, 2.05) is 68.4 Å². The predicted molar refractivity (Wildman–Crippen MR) is 137 cm³/mol. The summed E-state index contributed by atoms with van der Waals surface area (Å²) in [7, 11) is 0. The third kappa shape index (κ3) is 4.56. The quantitative estimate of drug-likeness (QED) is 0.291. The van der Waals surface area contributed by atoms with Gasteiger partial charge in [0.15, 0.2) is 0 Å². The van der Waals surface area contributed by atoms with Crippen LogP contribution in [0.25, 0.3) is 21.0 Å². The average Bonchev–Trinajstić information content (AvgIpc) is 3.40. The number of carbonyl (C=O) groups is 2. The number of hydrogen-bond acceptors (Lipinski definition) is 7. The number of carbonyl (C=O) groups excluding carboxylic acids is 1. The van der Waals surface area contributed by atoms with Gasteiger partial charge in [0, 0.05) is 16.6 Å². The van der Waals surface area contributed by atoms with Gasteiger partial charge in [-0.2, -0.15) is 4.37 Å². The molecular weight excluding hydrogens is 482 g/mol. The Morgan fingerprint density at radius 2 is 1.77 bits per heavy atom. The molecule has 178 valence electrons. The average molecular weight is 506 g/mol. The third-order valence-electron chi connectivity index (χ3n) is 6.17. The number of nitrogens with one attached hydrogen (secondary N) is 1. The topological polar surface area (TPSA) is 101 Å². The van der Waals surface area contributed by atoms with Crippen molar-refractivity contribution in [2.75, 3.05) is 5.32 Å². The van der Waals surface area contributed by atoms with E-state index >= 15 is 0 Å². The van der Waals surface area contributed by atoms with Crippen molar-refractivity contribution in [3.63, 3.8) is 0 Å². The Morgan fingerprint density at radius 3 is 2.43 bits per heavy atom. The van der Waals surface area contributed by atoms with Crippen molar-refractivity contribution in [3.8, 4) is 21.0 Å². The molecule has 0 unspecified atom stereocenters. The molecule has 1 atom stereocenters. The van der Waals surface area contributed by atoms with Crippen LogP contribution >= 0.6 is 22.9 Å². The standard InChI is InChI=1S/C26H23N3O4S2/c1-15-21(28-25(32)33-16(2)17-6-4-3-5-7-17)22(35-29-15)18-8-10-19(11-9-18)23-27-14-20(34-23)26(12-13-26)24(30)31/h3-11,14,16H,12-13H2,1-2H3,(H,28,32)(H,30,31)/t16-/m1/s1. The molecule has 2 N–H and O–H groups in total. The molecule has 0 saturated heterocycles. The molecule has 4 aromatic rings. The zero-order valence-corrected chi connectivity index (χ0v) is 20.8. The second-order valence-corrected chi connectivity index (χ2v) is 10.4. The number of nitrogens with zero attached hydrogens (tertiary/aromatic N) is 2. The van der Waals surface area contributed by atoms with Crippen molar-refractivity contribution in [3.05, 3.63) is 76.9 Å². The first-order valence-corrected chi connectivity index (χ1v) is 12.8. The van der Waals surface area contributed by atoms with E-state index in [0.717, 1.165) is 31.5 Å². The number of carboxylic acids is 1. The lowest BCUT2D eigenvalue weighted by Crippen LogP contribution is -2.17. The van der Waals surface area contributed by atoms with Crippen molar-refractivity contribution < 1.29 is 19.4 Å². The number of hydrogen-bond donors (Lipinski definition) is 2. The number of rotatable bonds is 7. The molecule has 0 radical (unpaired) electrons. The van der Waals surface area contributed by atoms with Crippen LogP contribution in [0.4, 0.5) is 10.5 Å². The maximum Gasteiger partial charge on any atom is 0.412 e. The third-order valence-corrected chi connectivity index (χ3v) is 8.41. The predicted octanol–water partition coefficient (Wildman–Crippen LogP) is 6.67. The van der Waals surface area contributed by atoms with Crippen LogP contribution in [0.15, 0.2) is 60.8 Å². The molecule has 2 aromatic heterocycles. The molecule has 35 heavy (non-hydrogen) atoms. The van der Waals surface area contributed by atoms with Gasteiger partial charge in [-0.15, -0.1) is 11.3 Å². The summed E-state index contributed by atoms with van der Waals surface area (Å²) in [5, 5.41) is 13.2. The van der Waals surface area contributed by atoms with Crippen LogP contribution in [-0.2, 0) is 14.9 Å². The van der Waals surface area contributed by atoms with E-state index in [1.54, 1.807) is 6.20 Å². The fourth-order valence-corrected chi connectivity index (χ4v) is 5.89. The monoisotopic (exact) mass is 505 g/mol. The van der Waals surface area contributed by atoms with Crippen molar-refractivity contribution in [1.82, 2.24) is 9.36 Å². The van der Waals surface area contributed by atoms with Gasteiger partial charge in [0.1, 0.15) is 16.5 Å². The molecule has 0 spiro atoms. The van der Waals surface area contributed by atoms with Gasteiger partial charge in [-0.1, -0.05) is 54.6 Å². The lowest BCUT2D eigenvalue weighted by atomic mass is 10.1. The van der Waals surface area contributed by atoms with Crippen LogP contribution in [0, 0.1) is 6.92 Å². The normalized spacial score (nSPS) is 14.8. The molecular formula is C26H23N3O4S2. The van der Waals surface area contributed by atoms with Gasteiger partial charge in [0.05, 0.1) is 16.3 Å². The summed E-state index contributed by atoms with van der Waals surface area (Å²) < 4.78 is 9.99. The summed E-state index contributed by atoms with van der Waals surface area (Å²) in [5.41, 5.74) is 3.33. The first kappa shape index (κ1) is 23.2. The van der Waals surface area contributed by atoms with Crippen LogP contribution < -0.4 is 5.32 Å². The van der Waals surface area contributed by atoms with Crippen LogP contribution in [0.3, 0.4) is 0 Å². The van der Waals surface area contributed by atoms with E-state index in [-0.39, 0.29) is 6.10 Å². The van der Waals surface area contributed by atoms with E-state index in [1.165, 1.54) is 22.9 Å². The highest BCUT2D eigenvalue weighted by Gasteiger charge is 2.53. The number of ether oxygens (including phenoxy) is 1. The second-order valence-electron chi connectivity index (χ2n) is 8.55. The smallest absolute Gasteiger partial charge is 0.412 e. The van der Waals surface area contributed by atoms with E-state index in [9.17, 15) is 14.7 Å². The second kappa shape index (κ2) is 9.24. The Labute approximate surface area is 210 Å². The summed E-state index contributed by atoms with van der Waals surface area (Å²) in [6, 6.07) is 17.4. The largest absolute Gasteiger partial charge is 0.481 e. The summed E-state index contributed by atoms with van der Waals surface area (Å²) >= 11 is 2.74. The number of aryl methyl sites for hydroxylation is 1. The fourth-order valence-electron chi connectivity index (χ4n) is 3.88. The van der Waals surface area contributed by atoms with Crippen molar-refractivity contribution in [2.45, 2.75) is 38.2 Å². The van der Waals surface area contributed by atoms with Crippen LogP contribution in [0.5, 0.6) is 0 Å². The molecule has 1 aliphatic carbocycles. The number of carboxylic acid groups (broad SMARTS) is 1. The number of benzene rings is 2. The van der Waals surface area contributed by atoms with E-state index in [4.69, 9.17) is 4.74 Å². The summed E-state index contributed by atoms with van der Waals surface area (Å²) in [5.74, 6) is -0.777. The summed E-state index contributed by atoms with van der Waals surface area (Å²) in [4.78, 5) is 30.3. The Kier molecular flexibility index (Phi) is 6.12. The SMILES string of the molecule is Cc1nsc(-c2ccc(-c3ncc(C4(C(=O)O)CC4)s3)cc2)c1NC(=O)O[C@H](C)c1ccccc1. The number of anilines is 1. The molecule has 0 aliphatic heterocycles. The van der Waals surface area contributed by atoms with Crippen LogP contribution in [0.2, 0.25) is 0 Å². The van der Waals surface area contributed by atoms with Gasteiger partial charge < -0.3 is 9.84 Å². The first-order valence-electron chi connectivity index (χ1n) is 11.2. The fraction of sp³-hybridized carbons (Fsp3) is 0.231. The molecule has 5 rings (SSSR count). The Balaban J connectivity index is 1.31. The Morgan fingerprint density at radius 1 is 1.09 bits per heavy atom. The van der Waals surface area contributed by atoms with Gasteiger partial charge in [-0.3, -0.25) is 10.1 Å². The Hall–Kier alpha value is -3.56. The van der Waals surface area contributed by atoms with Crippen LogP contribution in [-0.4, -0.2) is 26.5 Å². The van der Waals surface area contributed by atoms with Gasteiger partial charge in [0.2, 0.25) is 0 Å². The molecule has 2 aromatic carbocycles. The van der Waals surface area contributed by atoms with Gasteiger partial charge in [-0.05, 0) is 49.3 Å². The maximum absolute atomic E-state index is 12.6. The Bertz CT molecular complexity index is 1380. The summed E-state index contributed by atoms with van der Waals surface area (Å²) in [6.45, 7) is 3.68. The van der Waals surface area contributed by atoms with E-state index < -0.39 is 17.5 Å². The molecule has 2 heterocycles. The van der Waals surface area contributed by atoms with Gasteiger partial charge in [-0.25, -0.2) is 9.78 Å². The van der Waals surface area contributed by atoms with Crippen molar-refractivity contribution >= 4 is 40.6 Å². The van der Waals surface area contributed by atoms with Gasteiger partial charge >= 0.3 is 12.1 Å². The summed E-state index contributed by atoms with van der Waals surface area (Å²) in [6.07, 6.45) is 2.09. The highest BCUT2D eigenvalue weighted by atomic mass is 32.1. The molecule has 9 heteroatoms. The van der Waals surface area contributed by atoms with E-state index in [0.29, 0.717) is 24.2 Å². The minimum atomic E-state index is -0.777. The zero-order chi connectivity index (χ0) is 24.6.